The molecule has 4 amide bonds. The topological polar surface area (TPSA) is 251 Å². The summed E-state index contributed by atoms with van der Waals surface area (Å²) in [6, 6.07) is 4.57. The van der Waals surface area contributed by atoms with E-state index < -0.39 is 79.9 Å². The van der Waals surface area contributed by atoms with Gasteiger partial charge in [-0.3, -0.25) is 29.0 Å². The molecular formula is C36H45ClN8O8S. The van der Waals surface area contributed by atoms with Crippen LogP contribution in [0.4, 0.5) is 0 Å². The summed E-state index contributed by atoms with van der Waals surface area (Å²) in [6.07, 6.45) is 5.54. The highest BCUT2D eigenvalue weighted by atomic mass is 35.5. The molecule has 290 valence electrons. The SMILES string of the molecule is CC(C)(O)c1cnnn1[C@H]1C[C@@H](C(=O)NC2(C(=O)C(N)=O)CCS(=O)(=O)CC2)N(C(=O)[C@H](CC2CCCCC2)c2nc3cc(Cl)ccc3cc2C(N)=O)C1. The first-order valence-electron chi connectivity index (χ1n) is 18.1. The van der Waals surface area contributed by atoms with E-state index in [9.17, 15) is 32.7 Å². The molecule has 1 saturated carbocycles. The Morgan fingerprint density at radius 1 is 1.07 bits per heavy atom. The fourth-order valence-electron chi connectivity index (χ4n) is 8.19. The van der Waals surface area contributed by atoms with Crippen LogP contribution in [0.25, 0.3) is 10.9 Å². The quantitative estimate of drug-likeness (QED) is 0.204. The van der Waals surface area contributed by atoms with Crippen LogP contribution in [0, 0.1) is 5.92 Å². The zero-order valence-electron chi connectivity index (χ0n) is 30.2. The predicted molar refractivity (Wildman–Crippen MR) is 197 cm³/mol. The molecule has 18 heteroatoms. The van der Waals surface area contributed by atoms with Gasteiger partial charge in [0.05, 0.1) is 52.1 Å². The molecule has 3 aromatic rings. The van der Waals surface area contributed by atoms with Crippen molar-refractivity contribution in [2.24, 2.45) is 17.4 Å². The minimum absolute atomic E-state index is 0.0470. The van der Waals surface area contributed by atoms with Gasteiger partial charge in [0, 0.05) is 23.4 Å². The monoisotopic (exact) mass is 784 g/mol. The number of primary amides is 2. The maximum absolute atomic E-state index is 15.2. The molecule has 3 fully saturated rings. The normalized spacial score (nSPS) is 22.1. The summed E-state index contributed by atoms with van der Waals surface area (Å²) < 4.78 is 26.2. The Labute approximate surface area is 317 Å². The van der Waals surface area contributed by atoms with E-state index in [1.807, 2.05) is 0 Å². The Bertz CT molecular complexity index is 2100. The summed E-state index contributed by atoms with van der Waals surface area (Å²) in [4.78, 5) is 74.4. The first-order valence-corrected chi connectivity index (χ1v) is 20.3. The highest BCUT2D eigenvalue weighted by Gasteiger charge is 2.51. The fourth-order valence-corrected chi connectivity index (χ4v) is 9.88. The fraction of sp³-hybridized carbons (Fsp3) is 0.556. The van der Waals surface area contributed by atoms with Crippen LogP contribution in [0.5, 0.6) is 0 Å². The van der Waals surface area contributed by atoms with Gasteiger partial charge in [-0.1, -0.05) is 55.0 Å². The van der Waals surface area contributed by atoms with Crippen LogP contribution in [-0.2, 0) is 34.6 Å². The largest absolute Gasteiger partial charge is 0.384 e. The number of carbonyl (C=O) groups is 5. The number of benzene rings is 1. The summed E-state index contributed by atoms with van der Waals surface area (Å²) in [5.74, 6) is -6.49. The Morgan fingerprint density at radius 3 is 2.39 bits per heavy atom. The summed E-state index contributed by atoms with van der Waals surface area (Å²) in [7, 11) is -3.55. The Hall–Kier alpha value is -4.48. The first kappa shape index (κ1) is 39.2. The number of amides is 4. The lowest BCUT2D eigenvalue weighted by atomic mass is 9.80. The number of ketones is 1. The second-order valence-electron chi connectivity index (χ2n) is 15.4. The average molecular weight is 785 g/mol. The number of nitrogens with zero attached hydrogens (tertiary/aromatic N) is 5. The van der Waals surface area contributed by atoms with Gasteiger partial charge in [-0.15, -0.1) is 5.10 Å². The van der Waals surface area contributed by atoms with Crippen LogP contribution in [0.15, 0.2) is 30.5 Å². The number of nitrogens with one attached hydrogen (secondary N) is 1. The van der Waals surface area contributed by atoms with Gasteiger partial charge in [0.15, 0.2) is 9.84 Å². The number of sulfone groups is 1. The highest BCUT2D eigenvalue weighted by Crippen LogP contribution is 2.39. The Balaban J connectivity index is 1.45. The van der Waals surface area contributed by atoms with Crippen LogP contribution < -0.4 is 16.8 Å². The maximum Gasteiger partial charge on any atom is 0.287 e. The van der Waals surface area contributed by atoms with Gasteiger partial charge in [0.1, 0.15) is 17.2 Å². The van der Waals surface area contributed by atoms with Gasteiger partial charge < -0.3 is 26.8 Å². The van der Waals surface area contributed by atoms with Crippen molar-refractivity contribution in [3.63, 3.8) is 0 Å². The number of nitrogens with two attached hydrogens (primary N) is 2. The first-order chi connectivity index (χ1) is 25.4. The molecule has 0 bridgehead atoms. The highest BCUT2D eigenvalue weighted by molar-refractivity contribution is 7.91. The van der Waals surface area contributed by atoms with E-state index in [-0.39, 0.29) is 43.0 Å². The number of rotatable bonds is 11. The van der Waals surface area contributed by atoms with Crippen LogP contribution in [-0.4, -0.2) is 97.4 Å². The van der Waals surface area contributed by atoms with Crippen molar-refractivity contribution in [1.82, 2.24) is 30.2 Å². The number of fused-ring (bicyclic) bond motifs is 1. The van der Waals surface area contributed by atoms with Crippen molar-refractivity contribution in [3.05, 3.63) is 52.4 Å². The zero-order chi connectivity index (χ0) is 39.2. The van der Waals surface area contributed by atoms with Gasteiger partial charge in [-0.2, -0.15) is 0 Å². The van der Waals surface area contributed by atoms with Crippen molar-refractivity contribution in [2.75, 3.05) is 18.1 Å². The van der Waals surface area contributed by atoms with E-state index in [4.69, 9.17) is 28.1 Å². The molecule has 2 aliphatic heterocycles. The average Bonchev–Trinajstić information content (AvgIpc) is 3.80. The summed E-state index contributed by atoms with van der Waals surface area (Å²) in [6.45, 7) is 2.99. The van der Waals surface area contributed by atoms with Gasteiger partial charge >= 0.3 is 0 Å². The number of pyridine rings is 1. The van der Waals surface area contributed by atoms with E-state index >= 15 is 4.79 Å². The minimum Gasteiger partial charge on any atom is -0.384 e. The third-order valence-corrected chi connectivity index (χ3v) is 13.0. The second-order valence-corrected chi connectivity index (χ2v) is 18.1. The summed E-state index contributed by atoms with van der Waals surface area (Å²) in [5.41, 5.74) is 8.96. The van der Waals surface area contributed by atoms with Crippen molar-refractivity contribution < 1.29 is 37.5 Å². The molecule has 0 spiro atoms. The number of likely N-dealkylation sites (tertiary alicyclic amines) is 1. The van der Waals surface area contributed by atoms with Crippen molar-refractivity contribution in [1.29, 1.82) is 0 Å². The molecule has 1 aromatic carbocycles. The van der Waals surface area contributed by atoms with Gasteiger partial charge in [0.25, 0.3) is 11.8 Å². The second kappa shape index (κ2) is 15.0. The Kier molecular flexibility index (Phi) is 10.9. The van der Waals surface area contributed by atoms with E-state index in [1.165, 1.54) is 15.8 Å². The molecule has 6 N–H and O–H groups in total. The smallest absolute Gasteiger partial charge is 0.287 e. The van der Waals surface area contributed by atoms with Crippen LogP contribution in [0.3, 0.4) is 0 Å². The van der Waals surface area contributed by atoms with Crippen molar-refractivity contribution in [2.45, 2.75) is 101 Å². The molecule has 4 heterocycles. The Morgan fingerprint density at radius 2 is 1.76 bits per heavy atom. The number of halogens is 1. The number of carbonyl (C=O) groups excluding carboxylic acids is 5. The molecule has 16 nitrogen and oxygen atoms in total. The van der Waals surface area contributed by atoms with Gasteiger partial charge in [-0.25, -0.2) is 13.1 Å². The number of hydrogen-bond acceptors (Lipinski definition) is 11. The van der Waals surface area contributed by atoms with Crippen molar-refractivity contribution >= 4 is 61.8 Å². The summed E-state index contributed by atoms with van der Waals surface area (Å²) in [5, 5.41) is 22.8. The van der Waals surface area contributed by atoms with E-state index in [0.29, 0.717) is 28.0 Å². The van der Waals surface area contributed by atoms with Gasteiger partial charge in [-0.05, 0) is 57.2 Å². The zero-order valence-corrected chi connectivity index (χ0v) is 31.7. The molecular weight excluding hydrogens is 740 g/mol. The third kappa shape index (κ3) is 7.98. The lowest BCUT2D eigenvalue weighted by Crippen LogP contribution is -2.64. The number of aliphatic hydroxyl groups is 1. The summed E-state index contributed by atoms with van der Waals surface area (Å²) >= 11 is 6.32. The molecule has 0 radical (unpaired) electrons. The lowest BCUT2D eigenvalue weighted by Gasteiger charge is -2.37. The molecule has 3 aliphatic rings. The van der Waals surface area contributed by atoms with Gasteiger partial charge in [0.2, 0.25) is 17.6 Å². The molecule has 1 aliphatic carbocycles. The minimum atomic E-state index is -3.55. The van der Waals surface area contributed by atoms with Crippen LogP contribution >= 0.6 is 11.6 Å². The molecule has 0 unspecified atom stereocenters. The number of hydrogen-bond donors (Lipinski definition) is 4. The third-order valence-electron chi connectivity index (χ3n) is 11.1. The van der Waals surface area contributed by atoms with E-state index in [2.05, 4.69) is 15.6 Å². The lowest BCUT2D eigenvalue weighted by molar-refractivity contribution is -0.145. The standard InChI is InChI=1S/C36H45ClN8O8S/c1-35(2,51)28-18-40-43-45(28)23-17-27(33(49)42-36(30(46)32(39)48)10-12-54(52,53)13-11-36)44(19-23)34(50)25(14-20-6-4-3-5-7-20)29-24(31(38)47)15-21-8-9-22(37)16-26(21)41-29/h8-9,15-16,18,20,23,25,27,51H,3-7,10-14,17,19H2,1-2H3,(H2,38,47)(H2,39,48)(H,42,49)/t23-,25+,27-/m0/s1. The van der Waals surface area contributed by atoms with Crippen LogP contribution in [0.2, 0.25) is 5.02 Å². The number of aromatic nitrogens is 4. The molecule has 2 saturated heterocycles. The van der Waals surface area contributed by atoms with Crippen LogP contribution in [0.1, 0.15) is 105 Å². The molecule has 6 rings (SSSR count). The number of Topliss-reactive ketones (excluding diaryl/α,β-unsaturated/α-hetero) is 1. The van der Waals surface area contributed by atoms with E-state index in [1.54, 1.807) is 38.1 Å². The molecule has 3 atom stereocenters. The maximum atomic E-state index is 15.2. The molecule has 54 heavy (non-hydrogen) atoms. The van der Waals surface area contributed by atoms with E-state index in [0.717, 1.165) is 32.1 Å². The predicted octanol–water partition coefficient (Wildman–Crippen LogP) is 1.82. The molecule has 2 aromatic heterocycles. The van der Waals surface area contributed by atoms with Crippen molar-refractivity contribution in [3.8, 4) is 0 Å².